The number of hydrogen-bond acceptors (Lipinski definition) is 4. The summed E-state index contributed by atoms with van der Waals surface area (Å²) >= 11 is 0. The molecule has 0 aliphatic heterocycles. The number of nitrogens with zero attached hydrogens (tertiary/aromatic N) is 2. The fraction of sp³-hybridized carbons (Fsp3) is 0.571. The molecule has 0 radical (unpaired) electrons. The standard InChI is InChI=1S/C14H20N2O4/c1-5-11(6-2)8-12-13(15(17)18)7-9(3)10(4)14(12)16(19)20/h7,11H,5-6,8H2,1-4H3. The number of rotatable bonds is 6. The van der Waals surface area contributed by atoms with Crippen LogP contribution in [-0.4, -0.2) is 9.85 Å². The molecule has 0 fully saturated rings. The minimum absolute atomic E-state index is 0.0939. The van der Waals surface area contributed by atoms with E-state index in [1.165, 1.54) is 6.07 Å². The number of nitro groups is 2. The first-order valence-electron chi connectivity index (χ1n) is 6.75. The van der Waals surface area contributed by atoms with Crippen LogP contribution in [0.25, 0.3) is 0 Å². The van der Waals surface area contributed by atoms with Gasteiger partial charge in [0.25, 0.3) is 11.4 Å². The molecule has 20 heavy (non-hydrogen) atoms. The van der Waals surface area contributed by atoms with E-state index in [0.717, 1.165) is 12.8 Å². The number of hydrogen-bond donors (Lipinski definition) is 0. The Balaban J connectivity index is 3.54. The van der Waals surface area contributed by atoms with Gasteiger partial charge in [0, 0.05) is 11.6 Å². The molecule has 0 N–H and O–H groups in total. The van der Waals surface area contributed by atoms with Crippen LogP contribution in [0.3, 0.4) is 0 Å². The van der Waals surface area contributed by atoms with Gasteiger partial charge in [-0.3, -0.25) is 20.2 Å². The van der Waals surface area contributed by atoms with Gasteiger partial charge in [-0.15, -0.1) is 0 Å². The van der Waals surface area contributed by atoms with Crippen molar-refractivity contribution in [3.63, 3.8) is 0 Å². The van der Waals surface area contributed by atoms with E-state index in [9.17, 15) is 20.2 Å². The SMILES string of the molecule is CCC(CC)Cc1c([N+](=O)[O-])cc(C)c(C)c1[N+](=O)[O-]. The van der Waals surface area contributed by atoms with Gasteiger partial charge < -0.3 is 0 Å². The summed E-state index contributed by atoms with van der Waals surface area (Å²) in [5.41, 5.74) is 1.13. The molecule has 0 aromatic heterocycles. The lowest BCUT2D eigenvalue weighted by Gasteiger charge is -2.14. The highest BCUT2D eigenvalue weighted by atomic mass is 16.6. The molecular formula is C14H20N2O4. The van der Waals surface area contributed by atoms with Gasteiger partial charge in [0.1, 0.15) is 5.56 Å². The molecule has 6 nitrogen and oxygen atoms in total. The smallest absolute Gasteiger partial charge is 0.258 e. The first kappa shape index (κ1) is 16.1. The van der Waals surface area contributed by atoms with Crippen molar-refractivity contribution in [2.45, 2.75) is 47.0 Å². The quantitative estimate of drug-likeness (QED) is 0.579. The third kappa shape index (κ3) is 3.12. The van der Waals surface area contributed by atoms with E-state index in [0.29, 0.717) is 17.5 Å². The molecule has 0 bridgehead atoms. The minimum atomic E-state index is -0.517. The van der Waals surface area contributed by atoms with E-state index in [4.69, 9.17) is 0 Å². The zero-order chi connectivity index (χ0) is 15.4. The molecule has 0 aliphatic rings. The second-order valence-electron chi connectivity index (χ2n) is 5.07. The molecule has 0 atom stereocenters. The summed E-state index contributed by atoms with van der Waals surface area (Å²) in [7, 11) is 0. The number of aryl methyl sites for hydroxylation is 1. The van der Waals surface area contributed by atoms with Crippen LogP contribution in [-0.2, 0) is 6.42 Å². The summed E-state index contributed by atoms with van der Waals surface area (Å²) in [6.07, 6.45) is 2.07. The Hall–Kier alpha value is -1.98. The third-order valence-corrected chi connectivity index (χ3v) is 3.92. The topological polar surface area (TPSA) is 86.3 Å². The zero-order valence-electron chi connectivity index (χ0n) is 12.3. The summed E-state index contributed by atoms with van der Waals surface area (Å²) in [6, 6.07) is 1.44. The monoisotopic (exact) mass is 280 g/mol. The molecule has 0 heterocycles. The van der Waals surface area contributed by atoms with Crippen molar-refractivity contribution in [3.05, 3.63) is 43.0 Å². The highest BCUT2D eigenvalue weighted by Crippen LogP contribution is 2.36. The van der Waals surface area contributed by atoms with Crippen LogP contribution < -0.4 is 0 Å². The van der Waals surface area contributed by atoms with Gasteiger partial charge in [-0.1, -0.05) is 26.7 Å². The van der Waals surface area contributed by atoms with E-state index < -0.39 is 9.85 Å². The van der Waals surface area contributed by atoms with E-state index in [2.05, 4.69) is 0 Å². The molecule has 110 valence electrons. The van der Waals surface area contributed by atoms with Crippen LogP contribution in [0.1, 0.15) is 43.4 Å². The summed E-state index contributed by atoms with van der Waals surface area (Å²) in [6.45, 7) is 7.30. The Bertz CT molecular complexity index is 536. The van der Waals surface area contributed by atoms with E-state index >= 15 is 0 Å². The van der Waals surface area contributed by atoms with Crippen LogP contribution in [0.15, 0.2) is 6.07 Å². The maximum absolute atomic E-state index is 11.3. The van der Waals surface area contributed by atoms with Gasteiger partial charge in [-0.05, 0) is 31.7 Å². The summed E-state index contributed by atoms with van der Waals surface area (Å²) in [4.78, 5) is 21.5. The molecule has 1 aromatic carbocycles. The van der Waals surface area contributed by atoms with E-state index in [-0.39, 0.29) is 22.9 Å². The van der Waals surface area contributed by atoms with Gasteiger partial charge in [0.15, 0.2) is 0 Å². The molecule has 6 heteroatoms. The highest BCUT2D eigenvalue weighted by molar-refractivity contribution is 5.61. The predicted octanol–water partition coefficient (Wildman–Crippen LogP) is 4.10. The van der Waals surface area contributed by atoms with Crippen molar-refractivity contribution in [1.82, 2.24) is 0 Å². The lowest BCUT2D eigenvalue weighted by molar-refractivity contribution is -0.396. The Labute approximate surface area is 118 Å². The molecule has 1 rings (SSSR count). The van der Waals surface area contributed by atoms with E-state index in [1.54, 1.807) is 13.8 Å². The van der Waals surface area contributed by atoms with E-state index in [1.807, 2.05) is 13.8 Å². The van der Waals surface area contributed by atoms with Crippen molar-refractivity contribution < 1.29 is 9.85 Å². The second-order valence-corrected chi connectivity index (χ2v) is 5.07. The molecule has 0 unspecified atom stereocenters. The first-order chi connectivity index (χ1) is 9.33. The van der Waals surface area contributed by atoms with Crippen molar-refractivity contribution in [2.75, 3.05) is 0 Å². The maximum atomic E-state index is 11.3. The molecule has 1 aromatic rings. The second kappa shape index (κ2) is 6.45. The maximum Gasteiger partial charge on any atom is 0.282 e. The minimum Gasteiger partial charge on any atom is -0.258 e. The average molecular weight is 280 g/mol. The number of benzene rings is 1. The van der Waals surface area contributed by atoms with Gasteiger partial charge >= 0.3 is 0 Å². The normalized spacial score (nSPS) is 10.8. The fourth-order valence-electron chi connectivity index (χ4n) is 2.41. The Kier molecular flexibility index (Phi) is 5.19. The Morgan fingerprint density at radius 2 is 1.65 bits per heavy atom. The summed E-state index contributed by atoms with van der Waals surface area (Å²) in [5.74, 6) is 0.217. The van der Waals surface area contributed by atoms with Gasteiger partial charge in [-0.25, -0.2) is 0 Å². The zero-order valence-corrected chi connectivity index (χ0v) is 12.3. The average Bonchev–Trinajstić information content (AvgIpc) is 2.38. The summed E-state index contributed by atoms with van der Waals surface area (Å²) < 4.78 is 0. The molecule has 0 spiro atoms. The van der Waals surface area contributed by atoms with Gasteiger partial charge in [-0.2, -0.15) is 0 Å². The van der Waals surface area contributed by atoms with Crippen molar-refractivity contribution in [1.29, 1.82) is 0 Å². The largest absolute Gasteiger partial charge is 0.282 e. The van der Waals surface area contributed by atoms with Crippen molar-refractivity contribution in [2.24, 2.45) is 5.92 Å². The molecular weight excluding hydrogens is 260 g/mol. The Morgan fingerprint density at radius 1 is 1.10 bits per heavy atom. The van der Waals surface area contributed by atoms with Gasteiger partial charge in [0.2, 0.25) is 0 Å². The molecule has 0 saturated heterocycles. The van der Waals surface area contributed by atoms with Crippen LogP contribution in [0.4, 0.5) is 11.4 Å². The fourth-order valence-corrected chi connectivity index (χ4v) is 2.41. The molecule has 0 aliphatic carbocycles. The van der Waals surface area contributed by atoms with Crippen molar-refractivity contribution >= 4 is 11.4 Å². The first-order valence-corrected chi connectivity index (χ1v) is 6.75. The number of nitro benzene ring substituents is 2. The third-order valence-electron chi connectivity index (χ3n) is 3.92. The summed E-state index contributed by atoms with van der Waals surface area (Å²) in [5, 5.41) is 22.5. The lowest BCUT2D eigenvalue weighted by atomic mass is 9.90. The van der Waals surface area contributed by atoms with Crippen LogP contribution >= 0.6 is 0 Å². The highest BCUT2D eigenvalue weighted by Gasteiger charge is 2.30. The molecule has 0 amide bonds. The lowest BCUT2D eigenvalue weighted by Crippen LogP contribution is -2.09. The predicted molar refractivity (Wildman–Crippen MR) is 77.0 cm³/mol. The van der Waals surface area contributed by atoms with Crippen LogP contribution in [0, 0.1) is 40.0 Å². The Morgan fingerprint density at radius 3 is 2.05 bits per heavy atom. The molecule has 0 saturated carbocycles. The van der Waals surface area contributed by atoms with Crippen molar-refractivity contribution in [3.8, 4) is 0 Å². The van der Waals surface area contributed by atoms with Gasteiger partial charge in [0.05, 0.1) is 9.85 Å². The van der Waals surface area contributed by atoms with Crippen LogP contribution in [0.2, 0.25) is 0 Å². The van der Waals surface area contributed by atoms with Crippen LogP contribution in [0.5, 0.6) is 0 Å².